The van der Waals surface area contributed by atoms with E-state index in [-0.39, 0.29) is 5.54 Å². The molecule has 0 radical (unpaired) electrons. The molecule has 90 valence electrons. The minimum absolute atomic E-state index is 0.0155. The van der Waals surface area contributed by atoms with Crippen molar-refractivity contribution in [3.8, 4) is 0 Å². The van der Waals surface area contributed by atoms with Crippen molar-refractivity contribution < 1.29 is 0 Å². The van der Waals surface area contributed by atoms with Crippen LogP contribution in [-0.4, -0.2) is 55.1 Å². The van der Waals surface area contributed by atoms with Crippen molar-refractivity contribution in [3.05, 3.63) is 0 Å². The fourth-order valence-electron chi connectivity index (χ4n) is 2.11. The molecule has 1 fully saturated rings. The van der Waals surface area contributed by atoms with Crippen LogP contribution in [0.15, 0.2) is 0 Å². The van der Waals surface area contributed by atoms with Gasteiger partial charge in [0.1, 0.15) is 0 Å². The van der Waals surface area contributed by atoms with Gasteiger partial charge in [0, 0.05) is 11.6 Å². The van der Waals surface area contributed by atoms with Crippen LogP contribution in [0.4, 0.5) is 0 Å². The minimum Gasteiger partial charge on any atom is -0.326 e. The normalized spacial score (nSPS) is 21.2. The minimum atomic E-state index is -0.0155. The molecule has 2 N–H and O–H groups in total. The topological polar surface area (TPSA) is 32.5 Å². The van der Waals surface area contributed by atoms with Gasteiger partial charge < -0.3 is 15.5 Å². The highest BCUT2D eigenvalue weighted by Gasteiger charge is 2.21. The van der Waals surface area contributed by atoms with Gasteiger partial charge in [0.25, 0.3) is 0 Å². The summed E-state index contributed by atoms with van der Waals surface area (Å²) in [6.07, 6.45) is 3.70. The lowest BCUT2D eigenvalue weighted by molar-refractivity contribution is 0.138. The molecule has 0 unspecified atom stereocenters. The van der Waals surface area contributed by atoms with Crippen LogP contribution < -0.4 is 5.73 Å². The van der Waals surface area contributed by atoms with Crippen molar-refractivity contribution in [2.45, 2.75) is 44.7 Å². The summed E-state index contributed by atoms with van der Waals surface area (Å²) in [6.45, 7) is 7.85. The third-order valence-electron chi connectivity index (χ3n) is 3.36. The van der Waals surface area contributed by atoms with Crippen molar-refractivity contribution in [2.75, 3.05) is 33.7 Å². The molecule has 1 heterocycles. The summed E-state index contributed by atoms with van der Waals surface area (Å²) < 4.78 is 0. The van der Waals surface area contributed by atoms with E-state index in [0.717, 1.165) is 19.0 Å². The first kappa shape index (κ1) is 12.9. The first-order valence-electron chi connectivity index (χ1n) is 6.06. The average Bonchev–Trinajstić information content (AvgIpc) is 2.14. The van der Waals surface area contributed by atoms with Crippen molar-refractivity contribution in [2.24, 2.45) is 5.73 Å². The Morgan fingerprint density at radius 1 is 1.27 bits per heavy atom. The summed E-state index contributed by atoms with van der Waals surface area (Å²) in [6, 6.07) is 0.784. The predicted octanol–water partition coefficient (Wildman–Crippen LogP) is 1.14. The highest BCUT2D eigenvalue weighted by molar-refractivity contribution is 4.79. The van der Waals surface area contributed by atoms with E-state index in [1.165, 1.54) is 25.9 Å². The fourth-order valence-corrected chi connectivity index (χ4v) is 2.11. The fraction of sp³-hybridized carbons (Fsp3) is 1.00. The molecule has 0 aromatic carbocycles. The Hall–Kier alpha value is -0.120. The Kier molecular flexibility index (Phi) is 4.56. The largest absolute Gasteiger partial charge is 0.326 e. The molecule has 1 aliphatic rings. The molecule has 1 saturated heterocycles. The van der Waals surface area contributed by atoms with Crippen molar-refractivity contribution in [1.82, 2.24) is 9.80 Å². The standard InChI is InChI=1S/C12H27N3/c1-12(2,13)7-10-15-8-5-11(6-9-15)14(3)4/h11H,5-10,13H2,1-4H3. The molecular weight excluding hydrogens is 186 g/mol. The number of rotatable bonds is 4. The van der Waals surface area contributed by atoms with E-state index in [9.17, 15) is 0 Å². The molecule has 0 amide bonds. The van der Waals surface area contributed by atoms with Gasteiger partial charge in [0.2, 0.25) is 0 Å². The van der Waals surface area contributed by atoms with Gasteiger partial charge in [0.05, 0.1) is 0 Å². The maximum Gasteiger partial charge on any atom is 0.0113 e. The molecule has 0 aliphatic carbocycles. The van der Waals surface area contributed by atoms with Crippen LogP contribution in [0.5, 0.6) is 0 Å². The Balaban J connectivity index is 2.20. The molecule has 1 aliphatic heterocycles. The van der Waals surface area contributed by atoms with Crippen LogP contribution in [0.2, 0.25) is 0 Å². The number of hydrogen-bond acceptors (Lipinski definition) is 3. The monoisotopic (exact) mass is 213 g/mol. The summed E-state index contributed by atoms with van der Waals surface area (Å²) in [7, 11) is 4.37. The van der Waals surface area contributed by atoms with Gasteiger partial charge in [-0.05, 0) is 66.8 Å². The van der Waals surface area contributed by atoms with E-state index in [1.807, 2.05) is 0 Å². The van der Waals surface area contributed by atoms with E-state index in [1.54, 1.807) is 0 Å². The number of nitrogens with zero attached hydrogens (tertiary/aromatic N) is 2. The quantitative estimate of drug-likeness (QED) is 0.760. The maximum atomic E-state index is 5.99. The second-order valence-electron chi connectivity index (χ2n) is 5.78. The zero-order valence-electron chi connectivity index (χ0n) is 10.8. The average molecular weight is 213 g/mol. The van der Waals surface area contributed by atoms with E-state index < -0.39 is 0 Å². The Labute approximate surface area is 94.6 Å². The molecule has 0 spiro atoms. The molecule has 15 heavy (non-hydrogen) atoms. The van der Waals surface area contributed by atoms with E-state index >= 15 is 0 Å². The number of likely N-dealkylation sites (tertiary alicyclic amines) is 1. The van der Waals surface area contributed by atoms with Gasteiger partial charge in [-0.25, -0.2) is 0 Å². The summed E-state index contributed by atoms with van der Waals surface area (Å²) >= 11 is 0. The van der Waals surface area contributed by atoms with Crippen LogP contribution in [0.1, 0.15) is 33.1 Å². The number of nitrogens with two attached hydrogens (primary N) is 1. The predicted molar refractivity (Wildman–Crippen MR) is 66.0 cm³/mol. The molecule has 0 atom stereocenters. The van der Waals surface area contributed by atoms with Crippen LogP contribution in [0, 0.1) is 0 Å². The lowest BCUT2D eigenvalue weighted by Crippen LogP contribution is -2.44. The molecule has 0 bridgehead atoms. The third-order valence-corrected chi connectivity index (χ3v) is 3.36. The van der Waals surface area contributed by atoms with Crippen LogP contribution in [-0.2, 0) is 0 Å². The third kappa shape index (κ3) is 4.96. The summed E-state index contributed by atoms with van der Waals surface area (Å²) in [5.74, 6) is 0. The lowest BCUT2D eigenvalue weighted by atomic mass is 10.00. The summed E-state index contributed by atoms with van der Waals surface area (Å²) in [5, 5.41) is 0. The molecule has 3 nitrogen and oxygen atoms in total. The molecule has 0 aromatic heterocycles. The van der Waals surface area contributed by atoms with E-state index in [4.69, 9.17) is 5.73 Å². The summed E-state index contributed by atoms with van der Waals surface area (Å²) in [4.78, 5) is 4.90. The van der Waals surface area contributed by atoms with Gasteiger partial charge >= 0.3 is 0 Å². The maximum absolute atomic E-state index is 5.99. The van der Waals surface area contributed by atoms with Gasteiger partial charge in [0.15, 0.2) is 0 Å². The van der Waals surface area contributed by atoms with E-state index in [2.05, 4.69) is 37.7 Å². The van der Waals surface area contributed by atoms with Gasteiger partial charge in [-0.3, -0.25) is 0 Å². The van der Waals surface area contributed by atoms with Gasteiger partial charge in [-0.1, -0.05) is 0 Å². The highest BCUT2D eigenvalue weighted by atomic mass is 15.2. The van der Waals surface area contributed by atoms with Crippen LogP contribution in [0.25, 0.3) is 0 Å². The molecular formula is C12H27N3. The Morgan fingerprint density at radius 3 is 2.20 bits per heavy atom. The van der Waals surface area contributed by atoms with Crippen molar-refractivity contribution in [3.63, 3.8) is 0 Å². The molecule has 3 heteroatoms. The molecule has 0 saturated carbocycles. The Bertz CT molecular complexity index is 176. The Morgan fingerprint density at radius 2 is 1.80 bits per heavy atom. The zero-order valence-corrected chi connectivity index (χ0v) is 10.8. The van der Waals surface area contributed by atoms with Crippen molar-refractivity contribution >= 4 is 0 Å². The second-order valence-corrected chi connectivity index (χ2v) is 5.78. The van der Waals surface area contributed by atoms with Crippen molar-refractivity contribution in [1.29, 1.82) is 0 Å². The second kappa shape index (κ2) is 5.28. The van der Waals surface area contributed by atoms with Gasteiger partial charge in [-0.2, -0.15) is 0 Å². The molecule has 1 rings (SSSR count). The summed E-state index contributed by atoms with van der Waals surface area (Å²) in [5.41, 5.74) is 5.98. The SMILES string of the molecule is CN(C)C1CCN(CCC(C)(C)N)CC1. The van der Waals surface area contributed by atoms with Crippen LogP contribution in [0.3, 0.4) is 0 Å². The highest BCUT2D eigenvalue weighted by Crippen LogP contribution is 2.15. The first-order valence-corrected chi connectivity index (χ1v) is 6.06. The smallest absolute Gasteiger partial charge is 0.0113 e. The zero-order chi connectivity index (χ0) is 11.5. The molecule has 0 aromatic rings. The van der Waals surface area contributed by atoms with E-state index in [0.29, 0.717) is 0 Å². The van der Waals surface area contributed by atoms with Gasteiger partial charge in [-0.15, -0.1) is 0 Å². The number of piperidine rings is 1. The van der Waals surface area contributed by atoms with Crippen LogP contribution >= 0.6 is 0 Å². The number of hydrogen-bond donors (Lipinski definition) is 1. The first-order chi connectivity index (χ1) is 6.88. The lowest BCUT2D eigenvalue weighted by Gasteiger charge is -2.36.